The zero-order valence-electron chi connectivity index (χ0n) is 10.2. The van der Waals surface area contributed by atoms with Crippen molar-refractivity contribution in [3.63, 3.8) is 0 Å². The molecular formula is C13H15Cl2N3. The van der Waals surface area contributed by atoms with Gasteiger partial charge in [-0.1, -0.05) is 29.3 Å². The second-order valence-electron chi connectivity index (χ2n) is 4.29. The summed E-state index contributed by atoms with van der Waals surface area (Å²) < 4.78 is 0. The molecule has 2 N–H and O–H groups in total. The average molecular weight is 284 g/mol. The molecule has 1 aromatic carbocycles. The van der Waals surface area contributed by atoms with Crippen LogP contribution in [0.1, 0.15) is 37.2 Å². The van der Waals surface area contributed by atoms with Gasteiger partial charge in [-0.05, 0) is 37.6 Å². The molecule has 1 aromatic heterocycles. The summed E-state index contributed by atoms with van der Waals surface area (Å²) in [6.45, 7) is 4.15. The van der Waals surface area contributed by atoms with Crippen LogP contribution in [0.2, 0.25) is 10.0 Å². The molecule has 2 rings (SSSR count). The van der Waals surface area contributed by atoms with Gasteiger partial charge in [0.2, 0.25) is 0 Å². The van der Waals surface area contributed by atoms with Crippen molar-refractivity contribution in [2.75, 3.05) is 0 Å². The van der Waals surface area contributed by atoms with Crippen molar-refractivity contribution in [2.24, 2.45) is 0 Å². The van der Waals surface area contributed by atoms with E-state index in [1.165, 1.54) is 0 Å². The molecule has 0 radical (unpaired) electrons. The second-order valence-corrected chi connectivity index (χ2v) is 5.13. The quantitative estimate of drug-likeness (QED) is 0.886. The predicted octanol–water partition coefficient (Wildman–Crippen LogP) is 4.13. The summed E-state index contributed by atoms with van der Waals surface area (Å²) in [5.41, 5.74) is 2.08. The Labute approximate surface area is 117 Å². The van der Waals surface area contributed by atoms with Gasteiger partial charge in [-0.2, -0.15) is 5.10 Å². The number of H-pyrrole nitrogens is 1. The van der Waals surface area contributed by atoms with Crippen LogP contribution in [0.3, 0.4) is 0 Å². The van der Waals surface area contributed by atoms with Crippen LogP contribution in [-0.2, 0) is 0 Å². The van der Waals surface area contributed by atoms with Gasteiger partial charge in [-0.25, -0.2) is 0 Å². The van der Waals surface area contributed by atoms with E-state index in [1.54, 1.807) is 12.3 Å². The van der Waals surface area contributed by atoms with Gasteiger partial charge < -0.3 is 5.32 Å². The average Bonchev–Trinajstić information content (AvgIpc) is 2.81. The number of hydrogen-bond donors (Lipinski definition) is 2. The van der Waals surface area contributed by atoms with E-state index in [0.717, 1.165) is 11.3 Å². The third-order valence-corrected chi connectivity index (χ3v) is 3.48. The van der Waals surface area contributed by atoms with E-state index in [4.69, 9.17) is 23.2 Å². The lowest BCUT2D eigenvalue weighted by Crippen LogP contribution is -2.23. The minimum Gasteiger partial charge on any atom is -0.302 e. The fourth-order valence-corrected chi connectivity index (χ4v) is 2.49. The first-order valence-corrected chi connectivity index (χ1v) is 6.54. The highest BCUT2D eigenvalue weighted by atomic mass is 35.5. The molecular weight excluding hydrogens is 269 g/mol. The summed E-state index contributed by atoms with van der Waals surface area (Å²) >= 11 is 12.1. The standard InChI is InChI=1S/C13H15Cl2N3/c1-8(11-4-3-10(14)7-12(11)15)17-9(2)13-5-6-16-18-13/h3-9,17H,1-2H3,(H,16,18). The number of nitrogens with zero attached hydrogens (tertiary/aromatic N) is 1. The predicted molar refractivity (Wildman–Crippen MR) is 75.0 cm³/mol. The van der Waals surface area contributed by atoms with Crippen LogP contribution in [0.4, 0.5) is 0 Å². The van der Waals surface area contributed by atoms with Crippen molar-refractivity contribution in [1.29, 1.82) is 0 Å². The Bertz CT molecular complexity index is 511. The van der Waals surface area contributed by atoms with Gasteiger partial charge in [-0.3, -0.25) is 5.10 Å². The first kappa shape index (κ1) is 13.4. The highest BCUT2D eigenvalue weighted by molar-refractivity contribution is 6.35. The first-order valence-electron chi connectivity index (χ1n) is 5.78. The monoisotopic (exact) mass is 283 g/mol. The first-order chi connectivity index (χ1) is 8.58. The maximum Gasteiger partial charge on any atom is 0.0518 e. The van der Waals surface area contributed by atoms with E-state index in [1.807, 2.05) is 18.2 Å². The van der Waals surface area contributed by atoms with E-state index < -0.39 is 0 Å². The van der Waals surface area contributed by atoms with Gasteiger partial charge in [0.1, 0.15) is 0 Å². The molecule has 3 nitrogen and oxygen atoms in total. The summed E-state index contributed by atoms with van der Waals surface area (Å²) in [4.78, 5) is 0. The molecule has 0 saturated carbocycles. The van der Waals surface area contributed by atoms with E-state index in [9.17, 15) is 0 Å². The number of aromatic amines is 1. The molecule has 1 heterocycles. The Kier molecular flexibility index (Phi) is 4.27. The van der Waals surface area contributed by atoms with E-state index in [2.05, 4.69) is 29.4 Å². The Morgan fingerprint density at radius 2 is 1.94 bits per heavy atom. The molecule has 0 aliphatic rings. The van der Waals surface area contributed by atoms with Crippen LogP contribution >= 0.6 is 23.2 Å². The minimum absolute atomic E-state index is 0.132. The van der Waals surface area contributed by atoms with Gasteiger partial charge in [-0.15, -0.1) is 0 Å². The van der Waals surface area contributed by atoms with Crippen molar-refractivity contribution < 1.29 is 0 Å². The molecule has 96 valence electrons. The second kappa shape index (κ2) is 5.74. The number of nitrogens with one attached hydrogen (secondary N) is 2. The Hall–Kier alpha value is -1.03. The fourth-order valence-electron chi connectivity index (χ4n) is 1.92. The van der Waals surface area contributed by atoms with Crippen LogP contribution in [0.5, 0.6) is 0 Å². The topological polar surface area (TPSA) is 40.7 Å². The normalized spacial score (nSPS) is 14.4. The molecule has 0 amide bonds. The lowest BCUT2D eigenvalue weighted by Gasteiger charge is -2.20. The highest BCUT2D eigenvalue weighted by Gasteiger charge is 2.14. The van der Waals surface area contributed by atoms with Gasteiger partial charge in [0.05, 0.1) is 5.69 Å². The van der Waals surface area contributed by atoms with Gasteiger partial charge in [0.25, 0.3) is 0 Å². The van der Waals surface area contributed by atoms with Crippen molar-refractivity contribution in [3.8, 4) is 0 Å². The molecule has 0 aliphatic carbocycles. The van der Waals surface area contributed by atoms with Crippen LogP contribution in [-0.4, -0.2) is 10.2 Å². The largest absolute Gasteiger partial charge is 0.302 e. The summed E-state index contributed by atoms with van der Waals surface area (Å²) in [6, 6.07) is 7.82. The fraction of sp³-hybridized carbons (Fsp3) is 0.308. The van der Waals surface area contributed by atoms with E-state index >= 15 is 0 Å². The maximum atomic E-state index is 6.19. The van der Waals surface area contributed by atoms with Crippen LogP contribution in [0.15, 0.2) is 30.5 Å². The Morgan fingerprint density at radius 3 is 2.56 bits per heavy atom. The lowest BCUT2D eigenvalue weighted by molar-refractivity contribution is 0.486. The molecule has 0 aliphatic heterocycles. The summed E-state index contributed by atoms with van der Waals surface area (Å²) in [5, 5.41) is 11.7. The lowest BCUT2D eigenvalue weighted by atomic mass is 10.1. The van der Waals surface area contributed by atoms with Crippen LogP contribution in [0, 0.1) is 0 Å². The number of rotatable bonds is 4. The van der Waals surface area contributed by atoms with E-state index in [0.29, 0.717) is 10.0 Å². The number of aromatic nitrogens is 2. The molecule has 0 fully saturated rings. The molecule has 0 bridgehead atoms. The summed E-state index contributed by atoms with van der Waals surface area (Å²) in [6.07, 6.45) is 1.74. The molecule has 0 saturated heterocycles. The minimum atomic E-state index is 0.132. The molecule has 0 spiro atoms. The van der Waals surface area contributed by atoms with Crippen LogP contribution in [0.25, 0.3) is 0 Å². The van der Waals surface area contributed by atoms with E-state index in [-0.39, 0.29) is 12.1 Å². The SMILES string of the molecule is CC(NC(C)c1ccc(Cl)cc1Cl)c1ccn[nH]1. The number of halogens is 2. The van der Waals surface area contributed by atoms with Crippen molar-refractivity contribution in [3.05, 3.63) is 51.8 Å². The zero-order chi connectivity index (χ0) is 13.1. The summed E-state index contributed by atoms with van der Waals surface area (Å²) in [5.74, 6) is 0. The summed E-state index contributed by atoms with van der Waals surface area (Å²) in [7, 11) is 0. The maximum absolute atomic E-state index is 6.19. The van der Waals surface area contributed by atoms with Gasteiger partial charge in [0.15, 0.2) is 0 Å². The molecule has 2 unspecified atom stereocenters. The molecule has 2 atom stereocenters. The van der Waals surface area contributed by atoms with Crippen molar-refractivity contribution in [2.45, 2.75) is 25.9 Å². The third kappa shape index (κ3) is 3.05. The Morgan fingerprint density at radius 1 is 1.17 bits per heavy atom. The highest BCUT2D eigenvalue weighted by Crippen LogP contribution is 2.27. The Balaban J connectivity index is 2.10. The zero-order valence-corrected chi connectivity index (χ0v) is 11.8. The number of benzene rings is 1. The smallest absolute Gasteiger partial charge is 0.0518 e. The molecule has 18 heavy (non-hydrogen) atoms. The number of hydrogen-bond acceptors (Lipinski definition) is 2. The van der Waals surface area contributed by atoms with Crippen LogP contribution < -0.4 is 5.32 Å². The van der Waals surface area contributed by atoms with Crippen molar-refractivity contribution in [1.82, 2.24) is 15.5 Å². The molecule has 2 aromatic rings. The van der Waals surface area contributed by atoms with Gasteiger partial charge >= 0.3 is 0 Å². The molecule has 5 heteroatoms. The third-order valence-electron chi connectivity index (χ3n) is 2.92. The van der Waals surface area contributed by atoms with Crippen molar-refractivity contribution >= 4 is 23.2 Å². The van der Waals surface area contributed by atoms with Gasteiger partial charge in [0, 0.05) is 28.3 Å².